The number of hydrogen-bond acceptors (Lipinski definition) is 4. The zero-order chi connectivity index (χ0) is 13.2. The molecule has 0 aromatic carbocycles. The lowest BCUT2D eigenvalue weighted by Crippen LogP contribution is -2.39. The summed E-state index contributed by atoms with van der Waals surface area (Å²) in [6, 6.07) is 2.76. The van der Waals surface area contributed by atoms with Crippen molar-refractivity contribution in [2.24, 2.45) is 0 Å². The molecule has 0 bridgehead atoms. The highest BCUT2D eigenvalue weighted by molar-refractivity contribution is 7.91. The lowest BCUT2D eigenvalue weighted by atomic mass is 9.94. The quantitative estimate of drug-likeness (QED) is 0.926. The highest BCUT2D eigenvalue weighted by atomic mass is 32.2. The van der Waals surface area contributed by atoms with Crippen LogP contribution in [0.5, 0.6) is 0 Å². The minimum absolute atomic E-state index is 0.154. The Bertz CT molecular complexity index is 467. The van der Waals surface area contributed by atoms with Gasteiger partial charge in [0.05, 0.1) is 5.25 Å². The maximum Gasteiger partial charge on any atom is 0.150 e. The molecule has 1 aromatic rings. The molecule has 3 atom stereocenters. The summed E-state index contributed by atoms with van der Waals surface area (Å²) in [7, 11) is -2.89. The predicted octanol–water partition coefficient (Wildman–Crippen LogP) is 2.75. The Labute approximate surface area is 114 Å². The molecule has 102 valence electrons. The van der Waals surface area contributed by atoms with Crippen LogP contribution in [-0.4, -0.2) is 26.0 Å². The standard InChI is InChI=1S/C13H21NO2S2/c1-10(11-6-7-17-9-11)14-12-4-3-5-13(8-12)18(2,15)16/h6-7,9-10,12-14H,3-5,8H2,1-2H3. The van der Waals surface area contributed by atoms with Crippen LogP contribution in [0.1, 0.15) is 44.2 Å². The summed E-state index contributed by atoms with van der Waals surface area (Å²) >= 11 is 1.70. The van der Waals surface area contributed by atoms with Crippen molar-refractivity contribution in [2.45, 2.75) is 49.9 Å². The molecular formula is C13H21NO2S2. The number of thiophene rings is 1. The van der Waals surface area contributed by atoms with Crippen LogP contribution in [0, 0.1) is 0 Å². The normalized spacial score (nSPS) is 27.0. The van der Waals surface area contributed by atoms with Gasteiger partial charge in [-0.1, -0.05) is 6.42 Å². The van der Waals surface area contributed by atoms with E-state index >= 15 is 0 Å². The van der Waals surface area contributed by atoms with E-state index < -0.39 is 9.84 Å². The van der Waals surface area contributed by atoms with E-state index in [1.807, 2.05) is 0 Å². The van der Waals surface area contributed by atoms with Gasteiger partial charge in [-0.2, -0.15) is 11.3 Å². The molecule has 3 nitrogen and oxygen atoms in total. The van der Waals surface area contributed by atoms with E-state index in [1.165, 1.54) is 11.8 Å². The van der Waals surface area contributed by atoms with E-state index in [-0.39, 0.29) is 5.25 Å². The minimum atomic E-state index is -2.89. The van der Waals surface area contributed by atoms with Gasteiger partial charge in [0, 0.05) is 18.3 Å². The molecule has 0 aliphatic heterocycles. The van der Waals surface area contributed by atoms with Crippen LogP contribution in [0.2, 0.25) is 0 Å². The fourth-order valence-corrected chi connectivity index (χ4v) is 4.59. The average molecular weight is 287 g/mol. The zero-order valence-corrected chi connectivity index (χ0v) is 12.6. The summed E-state index contributed by atoms with van der Waals surface area (Å²) in [5, 5.41) is 7.64. The van der Waals surface area contributed by atoms with Gasteiger partial charge >= 0.3 is 0 Å². The van der Waals surface area contributed by atoms with Crippen molar-refractivity contribution in [2.75, 3.05) is 6.26 Å². The molecule has 1 fully saturated rings. The Kier molecular flexibility index (Phi) is 4.45. The van der Waals surface area contributed by atoms with Crippen LogP contribution in [0.4, 0.5) is 0 Å². The molecule has 2 rings (SSSR count). The largest absolute Gasteiger partial charge is 0.307 e. The molecule has 5 heteroatoms. The van der Waals surface area contributed by atoms with Crippen molar-refractivity contribution in [1.82, 2.24) is 5.32 Å². The fraction of sp³-hybridized carbons (Fsp3) is 0.692. The van der Waals surface area contributed by atoms with Gasteiger partial charge in [-0.25, -0.2) is 8.42 Å². The second-order valence-electron chi connectivity index (χ2n) is 5.26. The van der Waals surface area contributed by atoms with Crippen LogP contribution in [-0.2, 0) is 9.84 Å². The molecule has 3 unspecified atom stereocenters. The van der Waals surface area contributed by atoms with E-state index in [1.54, 1.807) is 11.3 Å². The summed E-state index contributed by atoms with van der Waals surface area (Å²) in [6.07, 6.45) is 5.03. The molecule has 1 aliphatic carbocycles. The van der Waals surface area contributed by atoms with Crippen LogP contribution in [0.3, 0.4) is 0 Å². The molecule has 0 radical (unpaired) electrons. The number of hydrogen-bond donors (Lipinski definition) is 1. The molecule has 1 aromatic heterocycles. The van der Waals surface area contributed by atoms with Crippen molar-refractivity contribution in [1.29, 1.82) is 0 Å². The van der Waals surface area contributed by atoms with Gasteiger partial charge in [0.1, 0.15) is 9.84 Å². The van der Waals surface area contributed by atoms with Gasteiger partial charge in [0.2, 0.25) is 0 Å². The summed E-state index contributed by atoms with van der Waals surface area (Å²) in [6.45, 7) is 2.14. The maximum atomic E-state index is 11.6. The van der Waals surface area contributed by atoms with Crippen molar-refractivity contribution in [3.05, 3.63) is 22.4 Å². The number of sulfone groups is 1. The first kappa shape index (κ1) is 14.0. The predicted molar refractivity (Wildman–Crippen MR) is 76.8 cm³/mol. The van der Waals surface area contributed by atoms with Gasteiger partial charge in [0.25, 0.3) is 0 Å². The molecule has 0 amide bonds. The topological polar surface area (TPSA) is 46.2 Å². The van der Waals surface area contributed by atoms with E-state index in [9.17, 15) is 8.42 Å². The molecule has 0 spiro atoms. The van der Waals surface area contributed by atoms with E-state index in [4.69, 9.17) is 0 Å². The summed E-state index contributed by atoms with van der Waals surface area (Å²) < 4.78 is 23.2. The van der Waals surface area contributed by atoms with Crippen molar-refractivity contribution >= 4 is 21.2 Å². The van der Waals surface area contributed by atoms with E-state index in [2.05, 4.69) is 29.1 Å². The first-order valence-corrected chi connectivity index (χ1v) is 9.33. The van der Waals surface area contributed by atoms with E-state index in [0.717, 1.165) is 25.7 Å². The third-order valence-electron chi connectivity index (χ3n) is 3.76. The molecule has 0 saturated heterocycles. The SMILES string of the molecule is CC(NC1CCCC(S(C)(=O)=O)C1)c1ccsc1. The zero-order valence-electron chi connectivity index (χ0n) is 10.9. The molecular weight excluding hydrogens is 266 g/mol. The second-order valence-corrected chi connectivity index (χ2v) is 8.37. The Balaban J connectivity index is 1.94. The molecule has 1 N–H and O–H groups in total. The number of nitrogens with one attached hydrogen (secondary N) is 1. The lowest BCUT2D eigenvalue weighted by molar-refractivity contribution is 0.346. The van der Waals surface area contributed by atoms with Gasteiger partial charge in [-0.15, -0.1) is 0 Å². The Hall–Kier alpha value is -0.390. The first-order valence-electron chi connectivity index (χ1n) is 6.44. The van der Waals surface area contributed by atoms with Gasteiger partial charge in [0.15, 0.2) is 0 Å². The average Bonchev–Trinajstić information content (AvgIpc) is 2.81. The van der Waals surface area contributed by atoms with Gasteiger partial charge in [-0.3, -0.25) is 0 Å². The summed E-state index contributed by atoms with van der Waals surface area (Å²) in [5.74, 6) is 0. The Morgan fingerprint density at radius 3 is 2.83 bits per heavy atom. The van der Waals surface area contributed by atoms with Crippen molar-refractivity contribution in [3.8, 4) is 0 Å². The molecule has 1 saturated carbocycles. The van der Waals surface area contributed by atoms with E-state index in [0.29, 0.717) is 12.1 Å². The summed E-state index contributed by atoms with van der Waals surface area (Å²) in [4.78, 5) is 0. The molecule has 18 heavy (non-hydrogen) atoms. The van der Waals surface area contributed by atoms with Crippen LogP contribution in [0.15, 0.2) is 16.8 Å². The maximum absolute atomic E-state index is 11.6. The highest BCUT2D eigenvalue weighted by Gasteiger charge is 2.29. The highest BCUT2D eigenvalue weighted by Crippen LogP contribution is 2.26. The van der Waals surface area contributed by atoms with Crippen molar-refractivity contribution in [3.63, 3.8) is 0 Å². The molecule has 1 heterocycles. The molecule has 1 aliphatic rings. The summed E-state index contributed by atoms with van der Waals surface area (Å²) in [5.41, 5.74) is 1.29. The lowest BCUT2D eigenvalue weighted by Gasteiger charge is -2.31. The van der Waals surface area contributed by atoms with Gasteiger partial charge in [-0.05, 0) is 48.6 Å². The van der Waals surface area contributed by atoms with Crippen LogP contribution < -0.4 is 5.32 Å². The minimum Gasteiger partial charge on any atom is -0.307 e. The van der Waals surface area contributed by atoms with Crippen LogP contribution in [0.25, 0.3) is 0 Å². The third-order valence-corrected chi connectivity index (χ3v) is 6.10. The second kappa shape index (κ2) is 5.72. The Morgan fingerprint density at radius 1 is 1.44 bits per heavy atom. The smallest absolute Gasteiger partial charge is 0.150 e. The fourth-order valence-electron chi connectivity index (χ4n) is 2.66. The van der Waals surface area contributed by atoms with Crippen molar-refractivity contribution < 1.29 is 8.42 Å². The first-order chi connectivity index (χ1) is 8.47. The number of rotatable bonds is 4. The monoisotopic (exact) mass is 287 g/mol. The third kappa shape index (κ3) is 3.56. The Morgan fingerprint density at radius 2 is 2.22 bits per heavy atom. The van der Waals surface area contributed by atoms with Crippen LogP contribution >= 0.6 is 11.3 Å². The van der Waals surface area contributed by atoms with Gasteiger partial charge < -0.3 is 5.32 Å².